The van der Waals surface area contributed by atoms with Gasteiger partial charge in [0.2, 0.25) is 0 Å². The van der Waals surface area contributed by atoms with Crippen molar-refractivity contribution >= 4 is 29.1 Å². The molecule has 0 aromatic carbocycles. The molecular weight excluding hydrogens is 173 g/mol. The van der Waals surface area contributed by atoms with Crippen molar-refractivity contribution in [3.63, 3.8) is 0 Å². The van der Waals surface area contributed by atoms with E-state index in [1.54, 1.807) is 4.90 Å². The molecule has 0 aromatic heterocycles. The second-order valence-corrected chi connectivity index (χ2v) is 2.87. The van der Waals surface area contributed by atoms with Gasteiger partial charge in [0.05, 0.1) is 11.6 Å². The van der Waals surface area contributed by atoms with Crippen LogP contribution in [0, 0.1) is 0 Å². The highest BCUT2D eigenvalue weighted by Crippen LogP contribution is 2.24. The Hall–Kier alpha value is -0.210. The van der Waals surface area contributed by atoms with Crippen LogP contribution in [0.15, 0.2) is 10.1 Å². The molecule has 0 spiro atoms. The summed E-state index contributed by atoms with van der Waals surface area (Å²) in [6, 6.07) is 0. The summed E-state index contributed by atoms with van der Waals surface area (Å²) in [5.74, 6) is -0.158. The summed E-state index contributed by atoms with van der Waals surface area (Å²) in [7, 11) is 0. The van der Waals surface area contributed by atoms with Crippen molar-refractivity contribution in [2.75, 3.05) is 13.1 Å². The number of nitrogens with zero attached hydrogens (tertiary/aromatic N) is 1. The fourth-order valence-corrected chi connectivity index (χ4v) is 1.22. The number of likely N-dealkylation sites (N-methyl/N-ethyl adjacent to an activating group) is 1. The van der Waals surface area contributed by atoms with E-state index in [9.17, 15) is 4.79 Å². The summed E-state index contributed by atoms with van der Waals surface area (Å²) in [4.78, 5) is 12.6. The lowest BCUT2D eigenvalue weighted by Crippen LogP contribution is -2.25. The maximum atomic E-state index is 11.0. The first-order chi connectivity index (χ1) is 4.66. The first-order valence-electron chi connectivity index (χ1n) is 3.00. The third-order valence-corrected chi connectivity index (χ3v) is 2.22. The van der Waals surface area contributed by atoms with Crippen LogP contribution in [0.5, 0.6) is 0 Å². The zero-order chi connectivity index (χ0) is 7.72. The summed E-state index contributed by atoms with van der Waals surface area (Å²) < 4.78 is 0. The van der Waals surface area contributed by atoms with E-state index in [0.717, 1.165) is 0 Å². The number of carbonyl (C=O) groups excluding carboxylic acids is 1. The van der Waals surface area contributed by atoms with Gasteiger partial charge in [-0.25, -0.2) is 0 Å². The quantitative estimate of drug-likeness (QED) is 0.599. The molecule has 1 amide bonds. The van der Waals surface area contributed by atoms with Crippen LogP contribution in [0.4, 0.5) is 0 Å². The fourth-order valence-electron chi connectivity index (χ4n) is 0.819. The number of carbonyl (C=O) groups is 1. The lowest BCUT2D eigenvalue weighted by molar-refractivity contribution is -0.124. The smallest absolute Gasteiger partial charge is 0.266 e. The molecule has 1 rings (SSSR count). The monoisotopic (exact) mass is 179 g/mol. The van der Waals surface area contributed by atoms with Gasteiger partial charge in [0.1, 0.15) is 5.03 Å². The molecule has 1 heterocycles. The van der Waals surface area contributed by atoms with E-state index >= 15 is 0 Å². The maximum Gasteiger partial charge on any atom is 0.266 e. The average Bonchev–Trinajstić information content (AvgIpc) is 2.17. The number of halogens is 2. The van der Waals surface area contributed by atoms with E-state index in [-0.39, 0.29) is 10.9 Å². The molecule has 0 fully saturated rings. The minimum Gasteiger partial charge on any atom is -0.333 e. The highest BCUT2D eigenvalue weighted by Gasteiger charge is 2.26. The van der Waals surface area contributed by atoms with Crippen LogP contribution in [-0.4, -0.2) is 23.9 Å². The van der Waals surface area contributed by atoms with Crippen molar-refractivity contribution in [2.24, 2.45) is 0 Å². The van der Waals surface area contributed by atoms with Crippen molar-refractivity contribution in [3.8, 4) is 0 Å². The zero-order valence-electron chi connectivity index (χ0n) is 5.53. The second-order valence-electron chi connectivity index (χ2n) is 2.04. The van der Waals surface area contributed by atoms with E-state index in [4.69, 9.17) is 23.2 Å². The molecule has 0 saturated heterocycles. The number of rotatable bonds is 1. The molecule has 0 saturated carbocycles. The fraction of sp³-hybridized carbons (Fsp3) is 0.500. The largest absolute Gasteiger partial charge is 0.333 e. The van der Waals surface area contributed by atoms with Crippen LogP contribution >= 0.6 is 23.2 Å². The van der Waals surface area contributed by atoms with Gasteiger partial charge in [-0.05, 0) is 6.92 Å². The van der Waals surface area contributed by atoms with Gasteiger partial charge in [0.25, 0.3) is 5.91 Å². The van der Waals surface area contributed by atoms with Crippen molar-refractivity contribution in [1.82, 2.24) is 4.90 Å². The highest BCUT2D eigenvalue weighted by molar-refractivity contribution is 6.49. The predicted molar refractivity (Wildman–Crippen MR) is 41.0 cm³/mol. The Balaban J connectivity index is 2.77. The minimum absolute atomic E-state index is 0.158. The number of hydrogen-bond acceptors (Lipinski definition) is 1. The average molecular weight is 180 g/mol. The summed E-state index contributed by atoms with van der Waals surface area (Å²) in [6.45, 7) is 3.01. The molecule has 0 aromatic rings. The van der Waals surface area contributed by atoms with Gasteiger partial charge >= 0.3 is 0 Å². The number of amides is 1. The highest BCUT2D eigenvalue weighted by atomic mass is 35.5. The SMILES string of the molecule is CCN1CC(Cl)=C(Cl)C1=O. The van der Waals surface area contributed by atoms with Gasteiger partial charge in [0.15, 0.2) is 0 Å². The van der Waals surface area contributed by atoms with Crippen LogP contribution in [0.1, 0.15) is 6.92 Å². The zero-order valence-corrected chi connectivity index (χ0v) is 7.04. The van der Waals surface area contributed by atoms with E-state index in [1.807, 2.05) is 6.92 Å². The van der Waals surface area contributed by atoms with E-state index in [2.05, 4.69) is 0 Å². The van der Waals surface area contributed by atoms with Gasteiger partial charge in [-0.2, -0.15) is 0 Å². The lowest BCUT2D eigenvalue weighted by Gasteiger charge is -2.11. The van der Waals surface area contributed by atoms with Crippen LogP contribution in [-0.2, 0) is 4.79 Å². The Bertz CT molecular complexity index is 200. The second kappa shape index (κ2) is 2.81. The van der Waals surface area contributed by atoms with Gasteiger partial charge in [-0.1, -0.05) is 23.2 Å². The third kappa shape index (κ3) is 1.13. The van der Waals surface area contributed by atoms with Gasteiger partial charge in [-0.15, -0.1) is 0 Å². The van der Waals surface area contributed by atoms with Crippen molar-refractivity contribution in [3.05, 3.63) is 10.1 Å². The van der Waals surface area contributed by atoms with E-state index in [0.29, 0.717) is 18.1 Å². The predicted octanol–water partition coefficient (Wildman–Crippen LogP) is 1.54. The molecule has 10 heavy (non-hydrogen) atoms. The Labute approximate surface area is 69.4 Å². The molecule has 0 N–H and O–H groups in total. The lowest BCUT2D eigenvalue weighted by atomic mass is 10.5. The minimum atomic E-state index is -0.158. The van der Waals surface area contributed by atoms with Crippen LogP contribution in [0.2, 0.25) is 0 Å². The molecule has 2 nitrogen and oxygen atoms in total. The molecule has 56 valence electrons. The Morgan fingerprint density at radius 2 is 2.20 bits per heavy atom. The van der Waals surface area contributed by atoms with Crippen molar-refractivity contribution in [1.29, 1.82) is 0 Å². The summed E-state index contributed by atoms with van der Waals surface area (Å²) >= 11 is 11.2. The Morgan fingerprint density at radius 1 is 1.60 bits per heavy atom. The first-order valence-corrected chi connectivity index (χ1v) is 3.75. The van der Waals surface area contributed by atoms with Crippen molar-refractivity contribution < 1.29 is 4.79 Å². The number of hydrogen-bond donors (Lipinski definition) is 0. The standard InChI is InChI=1S/C6H7Cl2NO/c1-2-9-3-4(7)5(8)6(9)10/h2-3H2,1H3. The molecule has 1 aliphatic heterocycles. The molecule has 0 unspecified atom stereocenters. The summed E-state index contributed by atoms with van der Waals surface area (Å²) in [5.41, 5.74) is 0. The van der Waals surface area contributed by atoms with Crippen LogP contribution < -0.4 is 0 Å². The summed E-state index contributed by atoms with van der Waals surface area (Å²) in [5, 5.41) is 0.622. The first kappa shape index (κ1) is 7.89. The normalized spacial score (nSPS) is 19.1. The van der Waals surface area contributed by atoms with Gasteiger partial charge < -0.3 is 4.90 Å². The topological polar surface area (TPSA) is 20.3 Å². The van der Waals surface area contributed by atoms with Gasteiger partial charge in [-0.3, -0.25) is 4.79 Å². The van der Waals surface area contributed by atoms with Crippen LogP contribution in [0.25, 0.3) is 0 Å². The molecule has 0 radical (unpaired) electrons. The maximum absolute atomic E-state index is 11.0. The summed E-state index contributed by atoms with van der Waals surface area (Å²) in [6.07, 6.45) is 0. The Kier molecular flexibility index (Phi) is 2.21. The third-order valence-electron chi connectivity index (χ3n) is 1.42. The molecule has 0 bridgehead atoms. The molecule has 1 aliphatic rings. The van der Waals surface area contributed by atoms with E-state index < -0.39 is 0 Å². The van der Waals surface area contributed by atoms with Crippen LogP contribution in [0.3, 0.4) is 0 Å². The molecule has 0 atom stereocenters. The van der Waals surface area contributed by atoms with Crippen molar-refractivity contribution in [2.45, 2.75) is 6.92 Å². The molecule has 0 aliphatic carbocycles. The Morgan fingerprint density at radius 3 is 2.40 bits per heavy atom. The van der Waals surface area contributed by atoms with E-state index in [1.165, 1.54) is 0 Å². The molecule has 4 heteroatoms. The molecular formula is C6H7Cl2NO. The van der Waals surface area contributed by atoms with Gasteiger partial charge in [0, 0.05) is 6.54 Å².